The molecule has 6 heteroatoms. The van der Waals surface area contributed by atoms with Crippen molar-refractivity contribution in [3.05, 3.63) is 71.8 Å². The number of carboxylic acids is 1. The van der Waals surface area contributed by atoms with Crippen LogP contribution in [0.5, 0.6) is 0 Å². The molecule has 0 aromatic heterocycles. The number of carbonyl (C=O) groups excluding carboxylic acids is 2. The highest BCUT2D eigenvalue weighted by atomic mass is 16.4. The van der Waals surface area contributed by atoms with Gasteiger partial charge in [0.05, 0.1) is 12.5 Å². The van der Waals surface area contributed by atoms with Crippen molar-refractivity contribution >= 4 is 17.8 Å². The van der Waals surface area contributed by atoms with Crippen molar-refractivity contribution in [1.82, 2.24) is 10.2 Å². The molecule has 1 fully saturated rings. The minimum atomic E-state index is -1.77. The first-order valence-corrected chi connectivity index (χ1v) is 8.84. The van der Waals surface area contributed by atoms with E-state index in [2.05, 4.69) is 5.32 Å². The molecule has 6 nitrogen and oxygen atoms in total. The van der Waals surface area contributed by atoms with Crippen LogP contribution in [0.2, 0.25) is 0 Å². The van der Waals surface area contributed by atoms with E-state index >= 15 is 0 Å². The summed E-state index contributed by atoms with van der Waals surface area (Å²) in [5, 5.41) is 12.5. The molecule has 1 heterocycles. The predicted octanol–water partition coefficient (Wildman–Crippen LogP) is 2.37. The van der Waals surface area contributed by atoms with E-state index in [1.807, 2.05) is 67.6 Å². The fourth-order valence-corrected chi connectivity index (χ4v) is 3.40. The molecule has 2 atom stereocenters. The lowest BCUT2D eigenvalue weighted by Gasteiger charge is -2.27. The lowest BCUT2D eigenvalue weighted by molar-refractivity contribution is -0.155. The minimum absolute atomic E-state index is 0.141. The summed E-state index contributed by atoms with van der Waals surface area (Å²) in [4.78, 5) is 38.8. The number of nitrogens with one attached hydrogen (secondary N) is 1. The summed E-state index contributed by atoms with van der Waals surface area (Å²) in [5.41, 5.74) is -0.00325. The number of amides is 2. The van der Waals surface area contributed by atoms with Gasteiger partial charge in [0, 0.05) is 13.1 Å². The van der Waals surface area contributed by atoms with Crippen molar-refractivity contribution in [3.63, 3.8) is 0 Å². The fraction of sp³-hybridized carbons (Fsp3) is 0.286. The Kier molecular flexibility index (Phi) is 5.26. The molecule has 1 unspecified atom stereocenters. The van der Waals surface area contributed by atoms with Gasteiger partial charge in [-0.1, -0.05) is 60.7 Å². The largest absolute Gasteiger partial charge is 0.480 e. The van der Waals surface area contributed by atoms with E-state index in [4.69, 9.17) is 0 Å². The number of hydrogen-bond acceptors (Lipinski definition) is 3. The maximum absolute atomic E-state index is 12.8. The van der Waals surface area contributed by atoms with Gasteiger partial charge in [-0.2, -0.15) is 0 Å². The van der Waals surface area contributed by atoms with Gasteiger partial charge < -0.3 is 15.3 Å². The zero-order valence-electron chi connectivity index (χ0n) is 15.1. The zero-order valence-corrected chi connectivity index (χ0v) is 15.1. The van der Waals surface area contributed by atoms with Crippen LogP contribution in [0.1, 0.15) is 30.5 Å². The van der Waals surface area contributed by atoms with Crippen molar-refractivity contribution < 1.29 is 19.5 Å². The van der Waals surface area contributed by atoms with Gasteiger partial charge in [-0.15, -0.1) is 0 Å². The summed E-state index contributed by atoms with van der Waals surface area (Å²) < 4.78 is 0. The van der Waals surface area contributed by atoms with Crippen LogP contribution in [0, 0.1) is 5.41 Å². The van der Waals surface area contributed by atoms with Gasteiger partial charge in [0.2, 0.25) is 11.8 Å². The second kappa shape index (κ2) is 7.61. The monoisotopic (exact) mass is 366 g/mol. The van der Waals surface area contributed by atoms with E-state index in [1.54, 1.807) is 0 Å². The molecule has 1 saturated heterocycles. The molecule has 2 aromatic carbocycles. The summed E-state index contributed by atoms with van der Waals surface area (Å²) in [7, 11) is 0. The number of hydrogen-bond donors (Lipinski definition) is 2. The van der Waals surface area contributed by atoms with Crippen LogP contribution in [0.4, 0.5) is 0 Å². The molecule has 3 rings (SSSR count). The summed E-state index contributed by atoms with van der Waals surface area (Å²) >= 11 is 0. The van der Waals surface area contributed by atoms with E-state index in [0.717, 1.165) is 11.1 Å². The first-order valence-electron chi connectivity index (χ1n) is 8.84. The number of benzene rings is 2. The van der Waals surface area contributed by atoms with Crippen LogP contribution in [0.15, 0.2) is 60.7 Å². The van der Waals surface area contributed by atoms with E-state index in [0.29, 0.717) is 0 Å². The second-order valence-corrected chi connectivity index (χ2v) is 6.84. The van der Waals surface area contributed by atoms with Crippen LogP contribution >= 0.6 is 0 Å². The van der Waals surface area contributed by atoms with Crippen LogP contribution in [-0.4, -0.2) is 34.3 Å². The Hall–Kier alpha value is -3.15. The highest BCUT2D eigenvalue weighted by molar-refractivity contribution is 6.07. The van der Waals surface area contributed by atoms with Crippen molar-refractivity contribution in [2.45, 2.75) is 25.9 Å². The molecule has 0 radical (unpaired) electrons. The molecule has 1 aliphatic rings. The van der Waals surface area contributed by atoms with Gasteiger partial charge in [0.1, 0.15) is 0 Å². The fourth-order valence-electron chi connectivity index (χ4n) is 3.40. The average Bonchev–Trinajstić information content (AvgIpc) is 3.06. The van der Waals surface area contributed by atoms with Crippen LogP contribution in [0.3, 0.4) is 0 Å². The molecule has 2 aromatic rings. The van der Waals surface area contributed by atoms with E-state index in [1.165, 1.54) is 4.90 Å². The minimum Gasteiger partial charge on any atom is -0.480 e. The molecule has 2 N–H and O–H groups in total. The smallest absolute Gasteiger partial charge is 0.321 e. The molecular formula is C21H22N2O4. The van der Waals surface area contributed by atoms with Gasteiger partial charge in [0.25, 0.3) is 0 Å². The van der Waals surface area contributed by atoms with Crippen molar-refractivity contribution in [3.8, 4) is 0 Å². The molecule has 0 bridgehead atoms. The Balaban J connectivity index is 1.77. The van der Waals surface area contributed by atoms with Gasteiger partial charge in [-0.25, -0.2) is 0 Å². The Morgan fingerprint density at radius 3 is 2.30 bits per heavy atom. The molecule has 0 spiro atoms. The summed E-state index contributed by atoms with van der Waals surface area (Å²) in [6.07, 6.45) is -0.333. The zero-order chi connectivity index (χ0) is 19.4. The van der Waals surface area contributed by atoms with Crippen molar-refractivity contribution in [2.24, 2.45) is 5.41 Å². The number of carboxylic acid groups (broad SMARTS) is 1. The second-order valence-electron chi connectivity index (χ2n) is 6.84. The van der Waals surface area contributed by atoms with E-state index in [-0.39, 0.29) is 31.5 Å². The highest BCUT2D eigenvalue weighted by Gasteiger charge is 2.55. The Bertz CT molecular complexity index is 838. The lowest BCUT2D eigenvalue weighted by Crippen LogP contribution is -2.48. The van der Waals surface area contributed by atoms with Crippen LogP contribution < -0.4 is 5.32 Å². The Morgan fingerprint density at radius 2 is 1.70 bits per heavy atom. The van der Waals surface area contributed by atoms with Crippen molar-refractivity contribution in [2.75, 3.05) is 6.54 Å². The Morgan fingerprint density at radius 1 is 1.11 bits per heavy atom. The molecule has 140 valence electrons. The third-order valence-corrected chi connectivity index (χ3v) is 5.10. The predicted molar refractivity (Wildman–Crippen MR) is 99.5 cm³/mol. The first-order chi connectivity index (χ1) is 12.9. The van der Waals surface area contributed by atoms with E-state index in [9.17, 15) is 19.5 Å². The van der Waals surface area contributed by atoms with Gasteiger partial charge in [-0.3, -0.25) is 14.4 Å². The van der Waals surface area contributed by atoms with Gasteiger partial charge in [0.15, 0.2) is 5.41 Å². The molecular weight excluding hydrogens is 344 g/mol. The summed E-state index contributed by atoms with van der Waals surface area (Å²) in [5.74, 6) is -2.23. The SMILES string of the molecule is C[C@@H](c1ccccc1)N1CC(C(=O)O)(C(=O)NCc2ccccc2)CC1=O. The standard InChI is InChI=1S/C21H22N2O4/c1-15(17-10-6-3-7-11-17)23-14-21(20(26)27,12-18(23)24)19(25)22-13-16-8-4-2-5-9-16/h2-11,15H,12-14H2,1H3,(H,22,25)(H,26,27)/t15-,21?/m0/s1. The van der Waals surface area contributed by atoms with Gasteiger partial charge in [-0.05, 0) is 18.1 Å². The summed E-state index contributed by atoms with van der Waals surface area (Å²) in [6, 6.07) is 18.3. The van der Waals surface area contributed by atoms with Crippen molar-refractivity contribution in [1.29, 1.82) is 0 Å². The number of likely N-dealkylation sites (tertiary alicyclic amines) is 1. The normalized spacial score (nSPS) is 20.3. The Labute approximate surface area is 157 Å². The van der Waals surface area contributed by atoms with E-state index < -0.39 is 17.3 Å². The maximum atomic E-state index is 12.8. The van der Waals surface area contributed by atoms with Crippen LogP contribution in [0.25, 0.3) is 0 Å². The third kappa shape index (κ3) is 3.69. The molecule has 0 aliphatic carbocycles. The lowest BCUT2D eigenvalue weighted by atomic mass is 9.85. The number of nitrogens with zero attached hydrogens (tertiary/aromatic N) is 1. The highest BCUT2D eigenvalue weighted by Crippen LogP contribution is 2.37. The topological polar surface area (TPSA) is 86.7 Å². The first kappa shape index (κ1) is 18.6. The number of aliphatic carboxylic acids is 1. The molecule has 2 amide bonds. The average molecular weight is 366 g/mol. The molecule has 0 saturated carbocycles. The van der Waals surface area contributed by atoms with Gasteiger partial charge >= 0.3 is 5.97 Å². The quantitative estimate of drug-likeness (QED) is 0.769. The third-order valence-electron chi connectivity index (χ3n) is 5.10. The number of rotatable bonds is 6. The summed E-state index contributed by atoms with van der Waals surface area (Å²) in [6.45, 7) is 1.92. The molecule has 1 aliphatic heterocycles. The van der Waals surface area contributed by atoms with Crippen LogP contribution in [-0.2, 0) is 20.9 Å². The molecule has 27 heavy (non-hydrogen) atoms. The maximum Gasteiger partial charge on any atom is 0.321 e. The number of carbonyl (C=O) groups is 3.